The van der Waals surface area contributed by atoms with Crippen LogP contribution in [0.5, 0.6) is 0 Å². The minimum Gasteiger partial charge on any atom is -0.311 e. The van der Waals surface area contributed by atoms with Gasteiger partial charge in [-0.05, 0) is 106 Å². The first-order valence-corrected chi connectivity index (χ1v) is 26.8. The number of allylic oxidation sites excluding steroid dienone is 9. The van der Waals surface area contributed by atoms with Crippen molar-refractivity contribution >= 4 is 67.2 Å². The van der Waals surface area contributed by atoms with Gasteiger partial charge in [0.05, 0.1) is 27.5 Å². The van der Waals surface area contributed by atoms with Crippen LogP contribution in [-0.4, -0.2) is 6.17 Å². The molecule has 6 heteroatoms. The molecule has 2 heterocycles. The molecule has 1 saturated carbocycles. The normalized spacial score (nSPS) is 20.7. The van der Waals surface area contributed by atoms with Gasteiger partial charge in [-0.2, -0.15) is 0 Å². The van der Waals surface area contributed by atoms with Gasteiger partial charge in [0.15, 0.2) is 0 Å². The lowest BCUT2D eigenvalue weighted by atomic mass is 9.60. The Balaban J connectivity index is 1.06. The molecule has 0 N–H and O–H groups in total. The molecule has 2 nitrogen and oxygen atoms in total. The van der Waals surface area contributed by atoms with Crippen LogP contribution in [-0.2, 0) is 5.41 Å². The molecule has 0 amide bonds. The largest absolute Gasteiger partial charge is 0.311 e. The number of benzene rings is 8. The van der Waals surface area contributed by atoms with Crippen LogP contribution in [0.1, 0.15) is 39.5 Å². The van der Waals surface area contributed by atoms with E-state index in [9.17, 15) is 0 Å². The molecule has 8 aromatic carbocycles. The SMILES string of the molecule is Fc1cc(-c2ccccc2)ccc1N(c1ccccc1)c1cccc2c3c(sc12)C1C2C=CC=CC2C2(c4ccccc4Sc4ccccc42)C1C=C3N(C1=CC=C(c2ccccc2)CC1F)c1ccccc1. The molecular formula is C67H48F2N2S2. The zero-order valence-corrected chi connectivity index (χ0v) is 41.4. The van der Waals surface area contributed by atoms with Crippen molar-refractivity contribution in [1.29, 1.82) is 0 Å². The minimum absolute atomic E-state index is 0.0470. The summed E-state index contributed by atoms with van der Waals surface area (Å²) in [5.74, 6) is -0.0479. The van der Waals surface area contributed by atoms with Crippen molar-refractivity contribution in [2.24, 2.45) is 17.8 Å². The number of para-hydroxylation sites is 2. The lowest BCUT2D eigenvalue weighted by Gasteiger charge is -2.47. The molecule has 1 aliphatic heterocycles. The Labute approximate surface area is 433 Å². The summed E-state index contributed by atoms with van der Waals surface area (Å²) in [6.45, 7) is 0. The molecule has 0 radical (unpaired) electrons. The Kier molecular flexibility index (Phi) is 10.7. The minimum atomic E-state index is -1.29. The third-order valence-corrected chi connectivity index (χ3v) is 18.4. The molecule has 73 heavy (non-hydrogen) atoms. The molecule has 1 aromatic heterocycles. The lowest BCUT2D eigenvalue weighted by Crippen LogP contribution is -2.42. The molecule has 5 aliphatic rings. The van der Waals surface area contributed by atoms with E-state index in [0.29, 0.717) is 11.4 Å². The third-order valence-electron chi connectivity index (χ3n) is 15.9. The van der Waals surface area contributed by atoms with Crippen LogP contribution in [0.3, 0.4) is 0 Å². The summed E-state index contributed by atoms with van der Waals surface area (Å²) < 4.78 is 36.1. The molecular weight excluding hydrogens is 935 g/mol. The zero-order valence-electron chi connectivity index (χ0n) is 39.7. The fraction of sp³-hybridized carbons (Fsp3) is 0.104. The highest BCUT2D eigenvalue weighted by Gasteiger charge is 2.64. The van der Waals surface area contributed by atoms with Gasteiger partial charge in [-0.3, -0.25) is 0 Å². The summed E-state index contributed by atoms with van der Waals surface area (Å²) in [6.07, 6.45) is 15.1. The molecule has 4 aliphatic carbocycles. The maximum Gasteiger partial charge on any atom is 0.147 e. The highest BCUT2D eigenvalue weighted by Crippen LogP contribution is 2.71. The van der Waals surface area contributed by atoms with Gasteiger partial charge in [-0.25, -0.2) is 8.78 Å². The Morgan fingerprint density at radius 2 is 1.15 bits per heavy atom. The molecule has 5 atom stereocenters. The Morgan fingerprint density at radius 3 is 1.82 bits per heavy atom. The molecule has 352 valence electrons. The monoisotopic (exact) mass is 982 g/mol. The summed E-state index contributed by atoms with van der Waals surface area (Å²) in [7, 11) is 0. The predicted molar refractivity (Wildman–Crippen MR) is 300 cm³/mol. The third kappa shape index (κ3) is 6.95. The topological polar surface area (TPSA) is 6.48 Å². The number of thiophene rings is 1. The average molecular weight is 983 g/mol. The first-order chi connectivity index (χ1) is 36.1. The number of fused-ring (bicyclic) bond motifs is 13. The van der Waals surface area contributed by atoms with Crippen molar-refractivity contribution in [3.8, 4) is 11.1 Å². The van der Waals surface area contributed by atoms with E-state index in [1.807, 2.05) is 114 Å². The van der Waals surface area contributed by atoms with Crippen LogP contribution in [0.25, 0.3) is 32.5 Å². The van der Waals surface area contributed by atoms with E-state index >= 15 is 8.78 Å². The van der Waals surface area contributed by atoms with Crippen molar-refractivity contribution in [2.75, 3.05) is 9.80 Å². The number of halogens is 2. The molecule has 1 spiro atoms. The first kappa shape index (κ1) is 44.0. The van der Waals surface area contributed by atoms with Crippen LogP contribution in [0.2, 0.25) is 0 Å². The number of nitrogens with zero attached hydrogens (tertiary/aromatic N) is 2. The quantitative estimate of drug-likeness (QED) is 0.150. The first-order valence-electron chi connectivity index (χ1n) is 25.2. The average Bonchev–Trinajstić information content (AvgIpc) is 3.98. The summed E-state index contributed by atoms with van der Waals surface area (Å²) in [4.78, 5) is 8.16. The number of alkyl halides is 1. The van der Waals surface area contributed by atoms with Gasteiger partial charge in [-0.1, -0.05) is 200 Å². The fourth-order valence-corrected chi connectivity index (χ4v) is 15.7. The molecule has 0 bridgehead atoms. The van der Waals surface area contributed by atoms with Crippen molar-refractivity contribution in [2.45, 2.75) is 33.7 Å². The number of rotatable bonds is 8. The Hall–Kier alpha value is -7.77. The van der Waals surface area contributed by atoms with Gasteiger partial charge < -0.3 is 9.80 Å². The standard InChI is InChI=1S/C67H48F2N2S2/c68-55-40-45(43-20-5-1-6-21-43)36-38-57(55)70(47-24-9-3-10-25-47)59-33-19-29-50-64-60(71(48-26-11-4-12-27-48)58-39-37-46(41-56(58)69)44-22-7-2-8-23-44)42-54-63(66(64)73-65(50)59)49-28-13-14-30-51(49)67(54)52-31-15-17-34-61(52)72-62-35-18-16-32-53(62)67/h1-40,42,49,51,54,56,63H,41H2. The maximum atomic E-state index is 17.8. The van der Waals surface area contributed by atoms with Gasteiger partial charge >= 0.3 is 0 Å². The van der Waals surface area contributed by atoms with E-state index in [-0.39, 0.29) is 35.9 Å². The summed E-state index contributed by atoms with van der Waals surface area (Å²) in [5.41, 5.74) is 11.8. The smallest absolute Gasteiger partial charge is 0.147 e. The van der Waals surface area contributed by atoms with Gasteiger partial charge in [-0.15, -0.1) is 11.3 Å². The predicted octanol–water partition coefficient (Wildman–Crippen LogP) is 18.3. The highest BCUT2D eigenvalue weighted by atomic mass is 32.2. The van der Waals surface area contributed by atoms with Crippen LogP contribution < -0.4 is 9.80 Å². The summed E-state index contributed by atoms with van der Waals surface area (Å²) in [5, 5.41) is 1.06. The summed E-state index contributed by atoms with van der Waals surface area (Å²) >= 11 is 3.70. The molecule has 5 unspecified atom stereocenters. The van der Waals surface area contributed by atoms with Crippen molar-refractivity contribution in [3.63, 3.8) is 0 Å². The van der Waals surface area contributed by atoms with E-state index in [1.54, 1.807) is 6.07 Å². The fourth-order valence-electron chi connectivity index (χ4n) is 13.0. The van der Waals surface area contributed by atoms with Crippen molar-refractivity contribution in [3.05, 3.63) is 287 Å². The highest BCUT2D eigenvalue weighted by molar-refractivity contribution is 7.99. The Bertz CT molecular complexity index is 3720. The number of anilines is 4. The molecule has 1 fully saturated rings. The lowest BCUT2D eigenvalue weighted by molar-refractivity contribution is 0.350. The van der Waals surface area contributed by atoms with Crippen molar-refractivity contribution < 1.29 is 8.78 Å². The van der Waals surface area contributed by atoms with E-state index in [4.69, 9.17) is 0 Å². The molecule has 9 aromatic rings. The number of hydrogen-bond donors (Lipinski definition) is 0. The van der Waals surface area contributed by atoms with Gasteiger partial charge in [0.25, 0.3) is 0 Å². The maximum absolute atomic E-state index is 17.8. The second kappa shape index (κ2) is 17.8. The van der Waals surface area contributed by atoms with Crippen LogP contribution in [0, 0.1) is 23.6 Å². The van der Waals surface area contributed by atoms with Crippen molar-refractivity contribution in [1.82, 2.24) is 0 Å². The Morgan fingerprint density at radius 1 is 0.534 bits per heavy atom. The van der Waals surface area contributed by atoms with E-state index in [2.05, 4.69) is 162 Å². The molecule has 14 rings (SSSR count). The van der Waals surface area contributed by atoms with Crippen LogP contribution in [0.15, 0.2) is 264 Å². The van der Waals surface area contributed by atoms with Gasteiger partial charge in [0.1, 0.15) is 12.0 Å². The van der Waals surface area contributed by atoms with Crippen LogP contribution in [0.4, 0.5) is 31.5 Å². The second-order valence-corrected chi connectivity index (χ2v) is 21.8. The second-order valence-electron chi connectivity index (χ2n) is 19.6. The molecule has 0 saturated heterocycles. The van der Waals surface area contributed by atoms with Crippen LogP contribution >= 0.6 is 23.1 Å². The van der Waals surface area contributed by atoms with E-state index < -0.39 is 11.6 Å². The van der Waals surface area contributed by atoms with Gasteiger partial charge in [0.2, 0.25) is 0 Å². The zero-order chi connectivity index (χ0) is 48.6. The number of hydrogen-bond acceptors (Lipinski definition) is 4. The van der Waals surface area contributed by atoms with E-state index in [0.717, 1.165) is 60.7 Å². The summed E-state index contributed by atoms with van der Waals surface area (Å²) in [6, 6.07) is 70.9. The van der Waals surface area contributed by atoms with E-state index in [1.165, 1.54) is 25.8 Å². The van der Waals surface area contributed by atoms with Gasteiger partial charge in [0, 0.05) is 60.7 Å².